The van der Waals surface area contributed by atoms with Crippen molar-refractivity contribution in [2.24, 2.45) is 4.99 Å². The van der Waals surface area contributed by atoms with Gasteiger partial charge < -0.3 is 9.84 Å². The maximum atomic E-state index is 10.4. The van der Waals surface area contributed by atoms with E-state index in [4.69, 9.17) is 4.74 Å². The third-order valence-electron chi connectivity index (χ3n) is 9.14. The zero-order valence-corrected chi connectivity index (χ0v) is 29.7. The molecule has 0 heterocycles. The molecule has 1 aromatic carbocycles. The number of ether oxygens (including phenoxy) is 1. The van der Waals surface area contributed by atoms with Crippen LogP contribution < -0.4 is 4.74 Å². The number of aromatic hydroxyl groups is 1. The molecule has 0 aliphatic carbocycles. The van der Waals surface area contributed by atoms with Gasteiger partial charge in [0.05, 0.1) is 6.61 Å². The van der Waals surface area contributed by atoms with Crippen LogP contribution in [0.15, 0.2) is 23.2 Å². The Labute approximate surface area is 275 Å². The molecular formula is C41H75NO2. The largest absolute Gasteiger partial charge is 0.507 e. The van der Waals surface area contributed by atoms with Gasteiger partial charge in [0.25, 0.3) is 0 Å². The molecule has 1 rings (SSSR count). The molecule has 0 saturated carbocycles. The summed E-state index contributed by atoms with van der Waals surface area (Å²) >= 11 is 0. The first-order chi connectivity index (χ1) is 21.8. The molecule has 0 aliphatic heterocycles. The number of hydrogen-bond donors (Lipinski definition) is 1. The average Bonchev–Trinajstić information content (AvgIpc) is 3.03. The smallest absolute Gasteiger partial charge is 0.128 e. The molecule has 0 unspecified atom stereocenters. The molecule has 0 bridgehead atoms. The Bertz CT molecular complexity index is 746. The highest BCUT2D eigenvalue weighted by Crippen LogP contribution is 2.23. The Kier molecular flexibility index (Phi) is 30.3. The summed E-state index contributed by atoms with van der Waals surface area (Å²) in [5.41, 5.74) is 0.783. The van der Waals surface area contributed by atoms with Gasteiger partial charge in [0, 0.05) is 24.4 Å². The fourth-order valence-corrected chi connectivity index (χ4v) is 6.12. The topological polar surface area (TPSA) is 41.8 Å². The zero-order valence-electron chi connectivity index (χ0n) is 29.7. The quantitative estimate of drug-likeness (QED) is 0.0620. The van der Waals surface area contributed by atoms with Crippen molar-refractivity contribution in [2.75, 3.05) is 13.2 Å². The standard InChI is InChI=1S/C41H75NO2/c1-3-5-7-9-11-13-15-17-19-20-21-23-25-27-29-31-35-42-38-39-33-34-40(37-41(39)43)44-36-32-30-28-26-24-22-18-16-14-12-10-8-6-4-2/h33-34,37-38,43H,3-32,35-36H2,1-2H3. The molecule has 0 amide bonds. The van der Waals surface area contributed by atoms with E-state index in [1.165, 1.54) is 180 Å². The summed E-state index contributed by atoms with van der Waals surface area (Å²) in [5, 5.41) is 10.4. The minimum absolute atomic E-state index is 0.263. The van der Waals surface area contributed by atoms with Crippen LogP contribution in [0.25, 0.3) is 0 Å². The highest BCUT2D eigenvalue weighted by atomic mass is 16.5. The maximum Gasteiger partial charge on any atom is 0.128 e. The number of unbranched alkanes of at least 4 members (excludes halogenated alkanes) is 28. The molecule has 0 saturated heterocycles. The van der Waals surface area contributed by atoms with Crippen molar-refractivity contribution in [3.8, 4) is 11.5 Å². The second-order valence-electron chi connectivity index (χ2n) is 13.5. The minimum Gasteiger partial charge on any atom is -0.507 e. The van der Waals surface area contributed by atoms with E-state index in [1.807, 2.05) is 18.3 Å². The number of nitrogens with zero attached hydrogens (tertiary/aromatic N) is 1. The first-order valence-electron chi connectivity index (χ1n) is 19.7. The number of rotatable bonds is 34. The Morgan fingerprint density at radius 2 is 0.864 bits per heavy atom. The molecule has 0 radical (unpaired) electrons. The summed E-state index contributed by atoms with van der Waals surface area (Å²) in [5.74, 6) is 1.02. The number of aliphatic imine (C=N–C) groups is 1. The van der Waals surface area contributed by atoms with Crippen molar-refractivity contribution in [2.45, 2.75) is 206 Å². The molecule has 256 valence electrons. The van der Waals surface area contributed by atoms with Crippen LogP contribution in [0, 0.1) is 0 Å². The van der Waals surface area contributed by atoms with E-state index in [9.17, 15) is 5.11 Å². The van der Waals surface area contributed by atoms with Gasteiger partial charge in [0.15, 0.2) is 0 Å². The van der Waals surface area contributed by atoms with Crippen LogP contribution in [0.3, 0.4) is 0 Å². The van der Waals surface area contributed by atoms with Gasteiger partial charge in [-0.05, 0) is 25.0 Å². The van der Waals surface area contributed by atoms with E-state index in [0.717, 1.165) is 37.3 Å². The van der Waals surface area contributed by atoms with E-state index < -0.39 is 0 Å². The van der Waals surface area contributed by atoms with Gasteiger partial charge in [-0.1, -0.05) is 194 Å². The normalized spacial score (nSPS) is 11.6. The van der Waals surface area contributed by atoms with Crippen molar-refractivity contribution in [1.82, 2.24) is 0 Å². The van der Waals surface area contributed by atoms with Crippen molar-refractivity contribution >= 4 is 6.21 Å². The number of hydrogen-bond acceptors (Lipinski definition) is 3. The van der Waals surface area contributed by atoms with E-state index >= 15 is 0 Å². The first-order valence-corrected chi connectivity index (χ1v) is 19.7. The lowest BCUT2D eigenvalue weighted by molar-refractivity contribution is 0.302. The zero-order chi connectivity index (χ0) is 31.6. The molecule has 0 atom stereocenters. The second kappa shape index (κ2) is 32.9. The lowest BCUT2D eigenvalue weighted by atomic mass is 10.0. The van der Waals surface area contributed by atoms with Gasteiger partial charge in [-0.15, -0.1) is 0 Å². The third kappa shape index (κ3) is 26.9. The van der Waals surface area contributed by atoms with Gasteiger partial charge in [-0.25, -0.2) is 0 Å². The fourth-order valence-electron chi connectivity index (χ4n) is 6.12. The average molecular weight is 614 g/mol. The van der Waals surface area contributed by atoms with E-state index in [0.29, 0.717) is 0 Å². The van der Waals surface area contributed by atoms with Crippen molar-refractivity contribution in [1.29, 1.82) is 0 Å². The molecule has 1 aromatic rings. The Morgan fingerprint density at radius 3 is 1.25 bits per heavy atom. The van der Waals surface area contributed by atoms with Gasteiger partial charge in [0.1, 0.15) is 11.5 Å². The highest BCUT2D eigenvalue weighted by Gasteiger charge is 2.02. The van der Waals surface area contributed by atoms with Crippen LogP contribution in [0.1, 0.15) is 212 Å². The summed E-state index contributed by atoms with van der Waals surface area (Å²) < 4.78 is 5.89. The molecule has 1 N–H and O–H groups in total. The van der Waals surface area contributed by atoms with Crippen LogP contribution in [-0.2, 0) is 0 Å². The predicted octanol–water partition coefficient (Wildman–Crippen LogP) is 13.9. The Hall–Kier alpha value is -1.51. The van der Waals surface area contributed by atoms with Crippen molar-refractivity contribution in [3.63, 3.8) is 0 Å². The summed E-state index contributed by atoms with van der Waals surface area (Å²) in [7, 11) is 0. The number of phenolic OH excluding ortho intramolecular Hbond substituents is 1. The van der Waals surface area contributed by atoms with Gasteiger partial charge in [0.2, 0.25) is 0 Å². The van der Waals surface area contributed by atoms with Gasteiger partial charge in [-0.3, -0.25) is 4.99 Å². The molecule has 3 heteroatoms. The van der Waals surface area contributed by atoms with Gasteiger partial charge in [-0.2, -0.15) is 0 Å². The summed E-state index contributed by atoms with van der Waals surface area (Å²) in [6.07, 6.45) is 43.1. The highest BCUT2D eigenvalue weighted by molar-refractivity contribution is 5.83. The van der Waals surface area contributed by atoms with E-state index in [-0.39, 0.29) is 5.75 Å². The molecule has 44 heavy (non-hydrogen) atoms. The van der Waals surface area contributed by atoms with E-state index in [2.05, 4.69) is 18.8 Å². The van der Waals surface area contributed by atoms with Crippen LogP contribution in [-0.4, -0.2) is 24.5 Å². The molecular weight excluding hydrogens is 538 g/mol. The molecule has 0 aromatic heterocycles. The van der Waals surface area contributed by atoms with E-state index in [1.54, 1.807) is 6.07 Å². The molecule has 0 spiro atoms. The number of phenols is 1. The van der Waals surface area contributed by atoms with Crippen LogP contribution in [0.4, 0.5) is 0 Å². The fraction of sp³-hybridized carbons (Fsp3) is 0.829. The first kappa shape index (κ1) is 40.5. The lowest BCUT2D eigenvalue weighted by Gasteiger charge is -2.08. The number of benzene rings is 1. The van der Waals surface area contributed by atoms with Crippen molar-refractivity contribution < 1.29 is 9.84 Å². The summed E-state index contributed by atoms with van der Waals surface area (Å²) in [4.78, 5) is 4.55. The lowest BCUT2D eigenvalue weighted by Crippen LogP contribution is -1.97. The van der Waals surface area contributed by atoms with Crippen LogP contribution >= 0.6 is 0 Å². The summed E-state index contributed by atoms with van der Waals surface area (Å²) in [6, 6.07) is 5.62. The molecule has 0 fully saturated rings. The van der Waals surface area contributed by atoms with Crippen LogP contribution in [0.5, 0.6) is 11.5 Å². The minimum atomic E-state index is 0.263. The second-order valence-corrected chi connectivity index (χ2v) is 13.5. The molecule has 0 aliphatic rings. The Balaban J connectivity index is 1.90. The molecule has 3 nitrogen and oxygen atoms in total. The third-order valence-corrected chi connectivity index (χ3v) is 9.14. The monoisotopic (exact) mass is 614 g/mol. The van der Waals surface area contributed by atoms with Crippen LogP contribution in [0.2, 0.25) is 0 Å². The summed E-state index contributed by atoms with van der Waals surface area (Å²) in [6.45, 7) is 6.15. The Morgan fingerprint density at radius 1 is 0.500 bits per heavy atom. The van der Waals surface area contributed by atoms with Gasteiger partial charge >= 0.3 is 0 Å². The predicted molar refractivity (Wildman–Crippen MR) is 196 cm³/mol. The maximum absolute atomic E-state index is 10.4. The van der Waals surface area contributed by atoms with Crippen molar-refractivity contribution in [3.05, 3.63) is 23.8 Å². The SMILES string of the molecule is CCCCCCCCCCCCCCCCCCN=Cc1ccc(OCCCCCCCCCCCCCCCC)cc1O.